The second-order valence-electron chi connectivity index (χ2n) is 6.61. The fourth-order valence-corrected chi connectivity index (χ4v) is 3.11. The molecule has 0 aliphatic carbocycles. The fraction of sp³-hybridized carbons (Fsp3) is 0.500. The van der Waals surface area contributed by atoms with Crippen LogP contribution in [-0.4, -0.2) is 63.9 Å². The minimum absolute atomic E-state index is 0.00587. The maximum Gasteiger partial charge on any atom is 0.276 e. The van der Waals surface area contributed by atoms with Gasteiger partial charge in [-0.1, -0.05) is 35.5 Å². The van der Waals surface area contributed by atoms with E-state index >= 15 is 0 Å². The number of aromatic nitrogens is 3. The molecule has 1 saturated heterocycles. The number of carbonyl (C=O) groups excluding carboxylic acids is 1. The Balaban J connectivity index is 1.51. The van der Waals surface area contributed by atoms with Crippen molar-refractivity contribution in [2.24, 2.45) is 0 Å². The quantitative estimate of drug-likeness (QED) is 0.810. The van der Waals surface area contributed by atoms with Crippen LogP contribution < -0.4 is 0 Å². The molecule has 0 saturated carbocycles. The van der Waals surface area contributed by atoms with E-state index < -0.39 is 0 Å². The summed E-state index contributed by atoms with van der Waals surface area (Å²) < 4.78 is 1.77. The topological polar surface area (TPSA) is 54.3 Å². The van der Waals surface area contributed by atoms with E-state index in [-0.39, 0.29) is 5.91 Å². The molecular formula is C18H25N5O. The molecule has 0 bridgehead atoms. The zero-order chi connectivity index (χ0) is 16.9. The number of benzene rings is 1. The van der Waals surface area contributed by atoms with E-state index in [0.717, 1.165) is 38.9 Å². The number of likely N-dealkylation sites (tertiary alicyclic amines) is 1. The molecule has 1 aliphatic rings. The molecule has 0 radical (unpaired) electrons. The molecule has 0 spiro atoms. The molecule has 6 heteroatoms. The lowest BCUT2D eigenvalue weighted by Gasteiger charge is -2.19. The molecule has 1 aliphatic heterocycles. The maximum atomic E-state index is 12.5. The number of carbonyl (C=O) groups is 1. The van der Waals surface area contributed by atoms with Crippen molar-refractivity contribution in [3.63, 3.8) is 0 Å². The normalized spacial score (nSPS) is 17.6. The molecule has 24 heavy (non-hydrogen) atoms. The molecule has 128 valence electrons. The summed E-state index contributed by atoms with van der Waals surface area (Å²) in [5.41, 5.74) is 1.77. The van der Waals surface area contributed by atoms with Gasteiger partial charge >= 0.3 is 0 Å². The lowest BCUT2D eigenvalue weighted by Crippen LogP contribution is -2.34. The minimum atomic E-state index is -0.00587. The van der Waals surface area contributed by atoms with Crippen LogP contribution in [0.5, 0.6) is 0 Å². The molecule has 1 amide bonds. The first-order valence-corrected chi connectivity index (χ1v) is 8.53. The maximum absolute atomic E-state index is 12.5. The molecule has 6 nitrogen and oxygen atoms in total. The number of hydrogen-bond donors (Lipinski definition) is 0. The molecule has 1 atom stereocenters. The summed E-state index contributed by atoms with van der Waals surface area (Å²) in [5.74, 6) is -0.00587. The first-order valence-electron chi connectivity index (χ1n) is 8.53. The van der Waals surface area contributed by atoms with Gasteiger partial charge in [-0.05, 0) is 38.9 Å². The molecule has 3 rings (SSSR count). The van der Waals surface area contributed by atoms with E-state index in [9.17, 15) is 4.79 Å². The summed E-state index contributed by atoms with van der Waals surface area (Å²) in [7, 11) is 4.11. The Hall–Kier alpha value is -2.21. The summed E-state index contributed by atoms with van der Waals surface area (Å²) >= 11 is 0. The van der Waals surface area contributed by atoms with Gasteiger partial charge in [0, 0.05) is 25.7 Å². The van der Waals surface area contributed by atoms with Crippen molar-refractivity contribution in [3.8, 4) is 0 Å². The van der Waals surface area contributed by atoms with Gasteiger partial charge in [0.1, 0.15) is 0 Å². The average molecular weight is 327 g/mol. The fourth-order valence-electron chi connectivity index (χ4n) is 3.11. The molecule has 0 N–H and O–H groups in total. The van der Waals surface area contributed by atoms with Crippen LogP contribution in [0, 0.1) is 0 Å². The Bertz CT molecular complexity index is 667. The lowest BCUT2D eigenvalue weighted by molar-refractivity contribution is 0.0777. The van der Waals surface area contributed by atoms with Crippen LogP contribution in [0.25, 0.3) is 0 Å². The van der Waals surface area contributed by atoms with Crippen molar-refractivity contribution in [2.45, 2.75) is 31.8 Å². The number of rotatable bonds is 6. The van der Waals surface area contributed by atoms with E-state index in [1.54, 1.807) is 10.9 Å². The molecule has 1 aromatic carbocycles. The van der Waals surface area contributed by atoms with Crippen molar-refractivity contribution in [2.75, 3.05) is 27.2 Å². The first-order chi connectivity index (χ1) is 11.6. The van der Waals surface area contributed by atoms with Gasteiger partial charge in [0.25, 0.3) is 5.91 Å². The number of amides is 1. The SMILES string of the molecule is CN(C)[C@H]1CCN(C(=O)c2cn(CCCc3ccccc3)nn2)C1. The smallest absolute Gasteiger partial charge is 0.276 e. The van der Waals surface area contributed by atoms with Crippen LogP contribution in [0.4, 0.5) is 0 Å². The summed E-state index contributed by atoms with van der Waals surface area (Å²) in [6.45, 7) is 2.34. The first kappa shape index (κ1) is 16.6. The molecule has 0 unspecified atom stereocenters. The van der Waals surface area contributed by atoms with Crippen LogP contribution in [-0.2, 0) is 13.0 Å². The van der Waals surface area contributed by atoms with Gasteiger partial charge in [0.05, 0.1) is 6.20 Å². The Labute approximate surface area is 143 Å². The van der Waals surface area contributed by atoms with Crippen LogP contribution in [0.1, 0.15) is 28.9 Å². The second kappa shape index (κ2) is 7.57. The molecule has 1 aromatic heterocycles. The van der Waals surface area contributed by atoms with Gasteiger partial charge in [0.15, 0.2) is 5.69 Å². The zero-order valence-electron chi connectivity index (χ0n) is 14.4. The predicted molar refractivity (Wildman–Crippen MR) is 92.8 cm³/mol. The van der Waals surface area contributed by atoms with Gasteiger partial charge in [0.2, 0.25) is 0 Å². The van der Waals surface area contributed by atoms with Gasteiger partial charge in [-0.2, -0.15) is 0 Å². The highest BCUT2D eigenvalue weighted by atomic mass is 16.2. The zero-order valence-corrected chi connectivity index (χ0v) is 14.4. The van der Waals surface area contributed by atoms with E-state index in [2.05, 4.69) is 53.6 Å². The van der Waals surface area contributed by atoms with E-state index in [1.807, 2.05) is 11.0 Å². The summed E-state index contributed by atoms with van der Waals surface area (Å²) in [4.78, 5) is 16.6. The van der Waals surface area contributed by atoms with Crippen LogP contribution in [0.2, 0.25) is 0 Å². The highest BCUT2D eigenvalue weighted by Crippen LogP contribution is 2.15. The van der Waals surface area contributed by atoms with E-state index in [4.69, 9.17) is 0 Å². The van der Waals surface area contributed by atoms with Gasteiger partial charge in [-0.15, -0.1) is 5.10 Å². The second-order valence-corrected chi connectivity index (χ2v) is 6.61. The Morgan fingerprint density at radius 1 is 1.29 bits per heavy atom. The molecule has 2 aromatic rings. The van der Waals surface area contributed by atoms with Crippen molar-refractivity contribution >= 4 is 5.91 Å². The van der Waals surface area contributed by atoms with E-state index in [1.165, 1.54) is 5.56 Å². The molecular weight excluding hydrogens is 302 g/mol. The standard InChI is InChI=1S/C18H25N5O/c1-21(2)16-10-12-22(13-16)18(24)17-14-23(20-19-17)11-6-9-15-7-4-3-5-8-15/h3-5,7-8,14,16H,6,9-13H2,1-2H3/t16-/m0/s1. The van der Waals surface area contributed by atoms with Crippen molar-refractivity contribution in [1.29, 1.82) is 0 Å². The number of nitrogens with zero attached hydrogens (tertiary/aromatic N) is 5. The summed E-state index contributed by atoms with van der Waals surface area (Å²) in [5, 5.41) is 8.17. The minimum Gasteiger partial charge on any atom is -0.336 e. The van der Waals surface area contributed by atoms with Crippen LogP contribution >= 0.6 is 0 Å². The van der Waals surface area contributed by atoms with Gasteiger partial charge in [-0.25, -0.2) is 0 Å². The van der Waals surface area contributed by atoms with Gasteiger partial charge in [-0.3, -0.25) is 9.48 Å². The molecule has 2 heterocycles. The largest absolute Gasteiger partial charge is 0.336 e. The third-order valence-corrected chi connectivity index (χ3v) is 4.63. The van der Waals surface area contributed by atoms with Gasteiger partial charge < -0.3 is 9.80 Å². The van der Waals surface area contributed by atoms with Crippen LogP contribution in [0.3, 0.4) is 0 Å². The van der Waals surface area contributed by atoms with Crippen LogP contribution in [0.15, 0.2) is 36.5 Å². The Kier molecular flexibility index (Phi) is 5.25. The predicted octanol–water partition coefficient (Wildman–Crippen LogP) is 1.69. The van der Waals surface area contributed by atoms with Crippen molar-refractivity contribution in [3.05, 3.63) is 47.8 Å². The third kappa shape index (κ3) is 4.00. The third-order valence-electron chi connectivity index (χ3n) is 4.63. The lowest BCUT2D eigenvalue weighted by atomic mass is 10.1. The highest BCUT2D eigenvalue weighted by Gasteiger charge is 2.29. The Morgan fingerprint density at radius 2 is 2.08 bits per heavy atom. The number of hydrogen-bond acceptors (Lipinski definition) is 4. The van der Waals surface area contributed by atoms with Crippen molar-refractivity contribution in [1.82, 2.24) is 24.8 Å². The highest BCUT2D eigenvalue weighted by molar-refractivity contribution is 5.92. The summed E-state index contributed by atoms with van der Waals surface area (Å²) in [6, 6.07) is 10.8. The Morgan fingerprint density at radius 3 is 2.79 bits per heavy atom. The monoisotopic (exact) mass is 327 g/mol. The average Bonchev–Trinajstić information content (AvgIpc) is 3.25. The number of aryl methyl sites for hydroxylation is 2. The molecule has 1 fully saturated rings. The van der Waals surface area contributed by atoms with E-state index in [0.29, 0.717) is 11.7 Å². The summed E-state index contributed by atoms with van der Waals surface area (Å²) in [6.07, 6.45) is 4.77. The number of likely N-dealkylation sites (N-methyl/N-ethyl adjacent to an activating group) is 1. The van der Waals surface area contributed by atoms with Crippen molar-refractivity contribution < 1.29 is 4.79 Å².